The second-order valence-corrected chi connectivity index (χ2v) is 5.35. The number of amides is 1. The molecule has 1 aromatic heterocycles. The van der Waals surface area contributed by atoms with Crippen LogP contribution in [-0.4, -0.2) is 16.8 Å². The highest BCUT2D eigenvalue weighted by atomic mass is 16.3. The number of rotatable bonds is 4. The second-order valence-electron chi connectivity index (χ2n) is 5.35. The van der Waals surface area contributed by atoms with Gasteiger partial charge in [0.25, 0.3) is 5.91 Å². The van der Waals surface area contributed by atoms with Crippen molar-refractivity contribution in [2.45, 2.75) is 32.4 Å². The third kappa shape index (κ3) is 2.69. The molecule has 0 unspecified atom stereocenters. The van der Waals surface area contributed by atoms with Crippen molar-refractivity contribution < 1.29 is 9.21 Å². The molecule has 0 bridgehead atoms. The van der Waals surface area contributed by atoms with Crippen molar-refractivity contribution in [2.75, 3.05) is 5.73 Å². The number of hydrogen-bond acceptors (Lipinski definition) is 3. The number of nitrogen functional groups attached to an aromatic ring is 1. The van der Waals surface area contributed by atoms with Crippen LogP contribution in [0.25, 0.3) is 0 Å². The van der Waals surface area contributed by atoms with Gasteiger partial charge in [-0.05, 0) is 43.5 Å². The number of nitrogens with zero attached hydrogens (tertiary/aromatic N) is 1. The topological polar surface area (TPSA) is 59.5 Å². The van der Waals surface area contributed by atoms with Gasteiger partial charge in [-0.2, -0.15) is 0 Å². The summed E-state index contributed by atoms with van der Waals surface area (Å²) in [7, 11) is 0. The van der Waals surface area contributed by atoms with E-state index in [1.807, 2.05) is 36.1 Å². The van der Waals surface area contributed by atoms with Gasteiger partial charge >= 0.3 is 0 Å². The van der Waals surface area contributed by atoms with Crippen molar-refractivity contribution in [3.05, 3.63) is 53.5 Å². The highest BCUT2D eigenvalue weighted by molar-refractivity contribution is 5.94. The highest BCUT2D eigenvalue weighted by Crippen LogP contribution is 2.30. The zero-order chi connectivity index (χ0) is 14.1. The van der Waals surface area contributed by atoms with E-state index in [0.717, 1.165) is 29.9 Å². The molecule has 1 heterocycles. The third-order valence-corrected chi connectivity index (χ3v) is 3.56. The summed E-state index contributed by atoms with van der Waals surface area (Å²) >= 11 is 0. The summed E-state index contributed by atoms with van der Waals surface area (Å²) in [4.78, 5) is 14.5. The first-order valence-electron chi connectivity index (χ1n) is 6.84. The number of carbonyl (C=O) groups excluding carboxylic acids is 1. The number of aryl methyl sites for hydroxylation is 1. The zero-order valence-electron chi connectivity index (χ0n) is 11.5. The molecule has 4 heteroatoms. The van der Waals surface area contributed by atoms with Crippen molar-refractivity contribution in [3.8, 4) is 0 Å². The number of furan rings is 1. The predicted molar refractivity (Wildman–Crippen MR) is 77.2 cm³/mol. The number of anilines is 1. The van der Waals surface area contributed by atoms with Crippen LogP contribution in [-0.2, 0) is 6.54 Å². The van der Waals surface area contributed by atoms with Crippen LogP contribution in [0.4, 0.5) is 5.69 Å². The van der Waals surface area contributed by atoms with E-state index in [2.05, 4.69) is 0 Å². The molecule has 1 aromatic carbocycles. The molecular weight excluding hydrogens is 252 g/mol. The van der Waals surface area contributed by atoms with Crippen LogP contribution in [0, 0.1) is 6.92 Å². The van der Waals surface area contributed by atoms with Crippen molar-refractivity contribution in [2.24, 2.45) is 0 Å². The summed E-state index contributed by atoms with van der Waals surface area (Å²) in [6.07, 6.45) is 3.70. The number of hydrogen-bond donors (Lipinski definition) is 1. The van der Waals surface area contributed by atoms with E-state index in [1.165, 1.54) is 6.26 Å². The molecule has 0 aliphatic heterocycles. The average molecular weight is 270 g/mol. The molecule has 3 rings (SSSR count). The van der Waals surface area contributed by atoms with Crippen LogP contribution >= 0.6 is 0 Å². The molecule has 1 amide bonds. The van der Waals surface area contributed by atoms with Crippen molar-refractivity contribution >= 4 is 11.6 Å². The lowest BCUT2D eigenvalue weighted by atomic mass is 10.1. The van der Waals surface area contributed by atoms with Crippen LogP contribution in [0.15, 0.2) is 41.0 Å². The summed E-state index contributed by atoms with van der Waals surface area (Å²) in [5.74, 6) is 0.803. The Morgan fingerprint density at radius 2 is 2.05 bits per heavy atom. The smallest absolute Gasteiger partial charge is 0.257 e. The van der Waals surface area contributed by atoms with E-state index < -0.39 is 0 Å². The van der Waals surface area contributed by atoms with Gasteiger partial charge in [0.1, 0.15) is 12.0 Å². The Morgan fingerprint density at radius 1 is 1.35 bits per heavy atom. The molecule has 0 saturated heterocycles. The van der Waals surface area contributed by atoms with Crippen molar-refractivity contribution in [3.63, 3.8) is 0 Å². The zero-order valence-corrected chi connectivity index (χ0v) is 11.5. The molecule has 1 aliphatic rings. The third-order valence-electron chi connectivity index (χ3n) is 3.56. The number of benzene rings is 1. The summed E-state index contributed by atoms with van der Waals surface area (Å²) in [6, 6.07) is 9.83. The Bertz CT molecular complexity index is 612. The van der Waals surface area contributed by atoms with Gasteiger partial charge in [-0.3, -0.25) is 4.79 Å². The molecule has 4 nitrogen and oxygen atoms in total. The molecule has 0 spiro atoms. The summed E-state index contributed by atoms with van der Waals surface area (Å²) < 4.78 is 5.24. The molecule has 2 N–H and O–H groups in total. The summed E-state index contributed by atoms with van der Waals surface area (Å²) in [5.41, 5.74) is 8.16. The van der Waals surface area contributed by atoms with Crippen LogP contribution < -0.4 is 5.73 Å². The Balaban J connectivity index is 1.79. The van der Waals surface area contributed by atoms with Gasteiger partial charge < -0.3 is 15.1 Å². The van der Waals surface area contributed by atoms with E-state index in [9.17, 15) is 4.79 Å². The molecule has 104 valence electrons. The first kappa shape index (κ1) is 12.8. The first-order valence-corrected chi connectivity index (χ1v) is 6.84. The monoisotopic (exact) mass is 270 g/mol. The molecular formula is C16H18N2O2. The molecule has 0 atom stereocenters. The van der Waals surface area contributed by atoms with Gasteiger partial charge in [0.05, 0.1) is 5.56 Å². The van der Waals surface area contributed by atoms with Gasteiger partial charge in [-0.25, -0.2) is 0 Å². The normalized spacial score (nSPS) is 14.2. The maximum Gasteiger partial charge on any atom is 0.257 e. The summed E-state index contributed by atoms with van der Waals surface area (Å²) in [6.45, 7) is 2.46. The van der Waals surface area contributed by atoms with Crippen LogP contribution in [0.5, 0.6) is 0 Å². The fraction of sp³-hybridized carbons (Fsp3) is 0.312. The minimum atomic E-state index is 0.0428. The van der Waals surface area contributed by atoms with Crippen LogP contribution in [0.2, 0.25) is 0 Å². The summed E-state index contributed by atoms with van der Waals surface area (Å²) in [5, 5.41) is 0. The molecule has 1 saturated carbocycles. The Hall–Kier alpha value is -2.23. The van der Waals surface area contributed by atoms with Gasteiger partial charge in [-0.1, -0.05) is 12.1 Å². The number of carbonyl (C=O) groups is 1. The van der Waals surface area contributed by atoms with E-state index in [1.54, 1.807) is 6.07 Å². The largest absolute Gasteiger partial charge is 0.469 e. The lowest BCUT2D eigenvalue weighted by Gasteiger charge is -2.22. The van der Waals surface area contributed by atoms with Crippen LogP contribution in [0.1, 0.15) is 34.5 Å². The second kappa shape index (κ2) is 5.04. The van der Waals surface area contributed by atoms with Crippen LogP contribution in [0.3, 0.4) is 0 Å². The Kier molecular flexibility index (Phi) is 3.22. The van der Waals surface area contributed by atoms with E-state index >= 15 is 0 Å². The van der Waals surface area contributed by atoms with Gasteiger partial charge in [0, 0.05) is 18.3 Å². The van der Waals surface area contributed by atoms with E-state index in [4.69, 9.17) is 10.2 Å². The lowest BCUT2D eigenvalue weighted by molar-refractivity contribution is 0.0729. The van der Waals surface area contributed by atoms with Gasteiger partial charge in [-0.15, -0.1) is 0 Å². The lowest BCUT2D eigenvalue weighted by Crippen LogP contribution is -2.32. The Labute approximate surface area is 118 Å². The first-order chi connectivity index (χ1) is 9.63. The molecule has 0 radical (unpaired) electrons. The molecule has 1 aliphatic carbocycles. The predicted octanol–water partition coefficient (Wildman–Crippen LogP) is 2.98. The maximum atomic E-state index is 12.6. The molecule has 1 fully saturated rings. The minimum absolute atomic E-state index is 0.0428. The fourth-order valence-corrected chi connectivity index (χ4v) is 2.29. The standard InChI is InChI=1S/C16H18N2O2/c1-11-8-13(10-20-11)16(19)18(15-6-7-15)9-12-2-4-14(17)5-3-12/h2-5,8,10,15H,6-7,9,17H2,1H3. The number of nitrogens with two attached hydrogens (primary N) is 1. The van der Waals surface area contributed by atoms with Crippen molar-refractivity contribution in [1.29, 1.82) is 0 Å². The van der Waals surface area contributed by atoms with E-state index in [0.29, 0.717) is 18.2 Å². The fourth-order valence-electron chi connectivity index (χ4n) is 2.29. The maximum absolute atomic E-state index is 12.6. The molecule has 20 heavy (non-hydrogen) atoms. The SMILES string of the molecule is Cc1cc(C(=O)N(Cc2ccc(N)cc2)C2CC2)co1. The van der Waals surface area contributed by atoms with Gasteiger partial charge in [0.15, 0.2) is 0 Å². The molecule has 2 aromatic rings. The van der Waals surface area contributed by atoms with Gasteiger partial charge in [0.2, 0.25) is 0 Å². The Morgan fingerprint density at radius 3 is 2.60 bits per heavy atom. The quantitative estimate of drug-likeness (QED) is 0.869. The minimum Gasteiger partial charge on any atom is -0.469 e. The van der Waals surface area contributed by atoms with Crippen molar-refractivity contribution in [1.82, 2.24) is 4.90 Å². The highest BCUT2D eigenvalue weighted by Gasteiger charge is 2.33. The average Bonchev–Trinajstić information content (AvgIpc) is 3.19. The van der Waals surface area contributed by atoms with E-state index in [-0.39, 0.29) is 5.91 Å².